The van der Waals surface area contributed by atoms with Gasteiger partial charge >= 0.3 is 0 Å². The van der Waals surface area contributed by atoms with Crippen LogP contribution in [0, 0.1) is 0 Å². The summed E-state index contributed by atoms with van der Waals surface area (Å²) in [6, 6.07) is 0. The number of hydrogen-bond acceptors (Lipinski definition) is 1. The van der Waals surface area contributed by atoms with Crippen LogP contribution in [0.1, 0.15) is 19.3 Å². The molecule has 5 heteroatoms. The zero-order valence-electron chi connectivity index (χ0n) is 5.76. The Hall–Kier alpha value is 0.100. The Morgan fingerprint density at radius 2 is 1.10 bits per heavy atom. The molecule has 0 atom stereocenters. The third-order valence-corrected chi connectivity index (χ3v) is 1.21. The molecule has 68 valence electrons. The van der Waals surface area contributed by atoms with Gasteiger partial charge in [-0.3, -0.25) is 14.1 Å². The third-order valence-electron chi connectivity index (χ3n) is 1.21. The standard InChI is InChI=1S/C5H11N.3FH.H2S/c1-2-4-6-5-3-1;;;;/h6H,1-5H2;3*1H;1H2. The first kappa shape index (κ1) is 22.5. The Morgan fingerprint density at radius 3 is 1.20 bits per heavy atom. The van der Waals surface area contributed by atoms with E-state index in [1.807, 2.05) is 0 Å². The molecule has 0 spiro atoms. The lowest BCUT2D eigenvalue weighted by Crippen LogP contribution is -2.21. The average Bonchev–Trinajstić information content (AvgIpc) is 1.72. The van der Waals surface area contributed by atoms with Crippen LogP contribution in [0.2, 0.25) is 0 Å². The van der Waals surface area contributed by atoms with E-state index in [4.69, 9.17) is 0 Å². The van der Waals surface area contributed by atoms with Crippen LogP contribution in [0.25, 0.3) is 0 Å². The maximum atomic E-state index is 3.28. The molecule has 1 rings (SSSR count). The molecule has 0 unspecified atom stereocenters. The van der Waals surface area contributed by atoms with Crippen molar-refractivity contribution in [1.82, 2.24) is 5.32 Å². The van der Waals surface area contributed by atoms with Crippen LogP contribution in [0.5, 0.6) is 0 Å². The van der Waals surface area contributed by atoms with E-state index in [2.05, 4.69) is 5.32 Å². The molecule has 0 saturated carbocycles. The molecular formula is C5H16F3NS. The fourth-order valence-electron chi connectivity index (χ4n) is 0.802. The zero-order chi connectivity index (χ0) is 4.24. The Balaban J connectivity index is -0.0000000450. The van der Waals surface area contributed by atoms with Crippen molar-refractivity contribution in [1.29, 1.82) is 0 Å². The van der Waals surface area contributed by atoms with Crippen LogP contribution >= 0.6 is 13.5 Å². The predicted octanol–water partition coefficient (Wildman–Crippen LogP) is 1.33. The molecule has 0 radical (unpaired) electrons. The Labute approximate surface area is 66.1 Å². The summed E-state index contributed by atoms with van der Waals surface area (Å²) in [6.07, 6.45) is 4.22. The summed E-state index contributed by atoms with van der Waals surface area (Å²) in [4.78, 5) is 0. The van der Waals surface area contributed by atoms with Gasteiger partial charge in [0.05, 0.1) is 0 Å². The molecule has 0 aromatic heterocycles. The monoisotopic (exact) mass is 179 g/mol. The Kier molecular flexibility index (Phi) is 36.1. The van der Waals surface area contributed by atoms with Crippen LogP contribution in [0.3, 0.4) is 0 Å². The van der Waals surface area contributed by atoms with Crippen LogP contribution in [0.15, 0.2) is 0 Å². The summed E-state index contributed by atoms with van der Waals surface area (Å²) in [5.41, 5.74) is 0. The molecule has 0 bridgehead atoms. The Bertz CT molecular complexity index is 32.4. The summed E-state index contributed by atoms with van der Waals surface area (Å²) < 4.78 is 0. The van der Waals surface area contributed by atoms with E-state index in [9.17, 15) is 0 Å². The van der Waals surface area contributed by atoms with Gasteiger partial charge in [0.2, 0.25) is 0 Å². The van der Waals surface area contributed by atoms with Gasteiger partial charge in [0, 0.05) is 0 Å². The summed E-state index contributed by atoms with van der Waals surface area (Å²) in [7, 11) is 0. The molecule has 1 heterocycles. The first-order valence-corrected chi connectivity index (χ1v) is 2.71. The van der Waals surface area contributed by atoms with Gasteiger partial charge in [-0.05, 0) is 25.9 Å². The topological polar surface area (TPSA) is 12.0 Å². The third kappa shape index (κ3) is 11.0. The lowest BCUT2D eigenvalue weighted by Gasteiger charge is -2.08. The first-order valence-electron chi connectivity index (χ1n) is 2.71. The van der Waals surface area contributed by atoms with E-state index in [0.29, 0.717) is 0 Å². The van der Waals surface area contributed by atoms with Crippen molar-refractivity contribution in [2.24, 2.45) is 0 Å². The normalized spacial score (nSPS) is 14.4. The lowest BCUT2D eigenvalue weighted by molar-refractivity contribution is 0.520. The van der Waals surface area contributed by atoms with Gasteiger partial charge < -0.3 is 5.32 Å². The molecule has 0 aromatic rings. The molecule has 1 fully saturated rings. The fourth-order valence-corrected chi connectivity index (χ4v) is 0.802. The van der Waals surface area contributed by atoms with Gasteiger partial charge in [-0.1, -0.05) is 6.42 Å². The van der Waals surface area contributed by atoms with Gasteiger partial charge in [-0.15, -0.1) is 0 Å². The minimum Gasteiger partial charge on any atom is -0.317 e. The summed E-state index contributed by atoms with van der Waals surface area (Å²) in [6.45, 7) is 2.50. The number of halogens is 3. The van der Waals surface area contributed by atoms with Crippen molar-refractivity contribution in [2.45, 2.75) is 19.3 Å². The molecule has 1 aliphatic rings. The minimum absolute atomic E-state index is 0. The average molecular weight is 179 g/mol. The maximum absolute atomic E-state index is 3.28. The highest BCUT2D eigenvalue weighted by atomic mass is 32.1. The molecule has 1 N–H and O–H groups in total. The molecule has 0 aliphatic carbocycles. The van der Waals surface area contributed by atoms with E-state index in [-0.39, 0.29) is 27.6 Å². The van der Waals surface area contributed by atoms with E-state index < -0.39 is 0 Å². The summed E-state index contributed by atoms with van der Waals surface area (Å²) >= 11 is 0. The van der Waals surface area contributed by atoms with Gasteiger partial charge in [-0.2, -0.15) is 13.5 Å². The fraction of sp³-hybridized carbons (Fsp3) is 1.00. The summed E-state index contributed by atoms with van der Waals surface area (Å²) in [5.74, 6) is 0. The van der Waals surface area contributed by atoms with Gasteiger partial charge in [0.25, 0.3) is 0 Å². The highest BCUT2D eigenvalue weighted by molar-refractivity contribution is 7.59. The second kappa shape index (κ2) is 16.0. The molecule has 0 amide bonds. The van der Waals surface area contributed by atoms with E-state index >= 15 is 0 Å². The predicted molar refractivity (Wildman–Crippen MR) is 44.6 cm³/mol. The molecule has 10 heavy (non-hydrogen) atoms. The quantitative estimate of drug-likeness (QED) is 0.591. The van der Waals surface area contributed by atoms with Crippen LogP contribution < -0.4 is 5.32 Å². The second-order valence-corrected chi connectivity index (χ2v) is 1.81. The summed E-state index contributed by atoms with van der Waals surface area (Å²) in [5, 5.41) is 3.28. The van der Waals surface area contributed by atoms with E-state index in [0.717, 1.165) is 0 Å². The second-order valence-electron chi connectivity index (χ2n) is 1.81. The molecule has 1 nitrogen and oxygen atoms in total. The number of hydrogen-bond donors (Lipinski definition) is 1. The highest BCUT2D eigenvalue weighted by Gasteiger charge is 1.93. The van der Waals surface area contributed by atoms with Crippen molar-refractivity contribution >= 4 is 13.5 Å². The maximum Gasteiger partial charge on any atom is -0.00489 e. The first-order chi connectivity index (χ1) is 3.00. The molecular weight excluding hydrogens is 163 g/mol. The van der Waals surface area contributed by atoms with Crippen LogP contribution in [-0.2, 0) is 0 Å². The highest BCUT2D eigenvalue weighted by Crippen LogP contribution is 1.96. The number of nitrogens with one attached hydrogen (secondary N) is 1. The van der Waals surface area contributed by atoms with Crippen molar-refractivity contribution in [3.8, 4) is 0 Å². The molecule has 0 aromatic carbocycles. The number of piperidine rings is 1. The van der Waals surface area contributed by atoms with Crippen LogP contribution in [-0.4, -0.2) is 13.1 Å². The largest absolute Gasteiger partial charge is 0.317 e. The SMILES string of the molecule is C1CCNCC1.F.F.F.S. The lowest BCUT2D eigenvalue weighted by atomic mass is 10.2. The zero-order valence-corrected chi connectivity index (χ0v) is 6.76. The van der Waals surface area contributed by atoms with Crippen LogP contribution in [0.4, 0.5) is 14.1 Å². The smallest absolute Gasteiger partial charge is 0.00489 e. The van der Waals surface area contributed by atoms with Crippen molar-refractivity contribution < 1.29 is 14.1 Å². The van der Waals surface area contributed by atoms with E-state index in [1.54, 1.807) is 0 Å². The van der Waals surface area contributed by atoms with Gasteiger partial charge in [0.15, 0.2) is 0 Å². The minimum atomic E-state index is 0. The van der Waals surface area contributed by atoms with Gasteiger partial charge in [0.1, 0.15) is 0 Å². The van der Waals surface area contributed by atoms with E-state index in [1.165, 1.54) is 32.4 Å². The van der Waals surface area contributed by atoms with Crippen molar-refractivity contribution in [3.05, 3.63) is 0 Å². The van der Waals surface area contributed by atoms with Crippen molar-refractivity contribution in [2.75, 3.05) is 13.1 Å². The molecule has 1 saturated heterocycles. The van der Waals surface area contributed by atoms with Crippen molar-refractivity contribution in [3.63, 3.8) is 0 Å². The van der Waals surface area contributed by atoms with Gasteiger partial charge in [-0.25, -0.2) is 0 Å². The number of rotatable bonds is 0. The molecule has 1 aliphatic heterocycles. The Morgan fingerprint density at radius 1 is 0.700 bits per heavy atom.